The maximum absolute atomic E-state index is 11.9. The molecule has 2 rings (SSSR count). The number of hydrogen-bond donors (Lipinski definition) is 3. The van der Waals surface area contributed by atoms with Crippen LogP contribution in [0.1, 0.15) is 27.0 Å². The van der Waals surface area contributed by atoms with Gasteiger partial charge in [-0.1, -0.05) is 0 Å². The first-order valence-corrected chi connectivity index (χ1v) is 7.80. The van der Waals surface area contributed by atoms with Gasteiger partial charge in [0.25, 0.3) is 5.91 Å². The van der Waals surface area contributed by atoms with Crippen LogP contribution < -0.4 is 5.32 Å². The number of fused-ring (bicyclic) bond motifs is 1. The maximum atomic E-state index is 11.9. The molecule has 1 aliphatic rings. The number of thioether (sulfide) groups is 1. The van der Waals surface area contributed by atoms with Crippen LogP contribution in [0.15, 0.2) is 6.07 Å². The third-order valence-electron chi connectivity index (χ3n) is 2.91. The molecule has 0 saturated heterocycles. The number of rotatable bonds is 4. The monoisotopic (exact) mass is 301 g/mol. The van der Waals surface area contributed by atoms with Crippen molar-refractivity contribution in [1.82, 2.24) is 5.32 Å². The van der Waals surface area contributed by atoms with E-state index in [-0.39, 0.29) is 12.5 Å². The molecule has 1 aliphatic heterocycles. The van der Waals surface area contributed by atoms with Crippen molar-refractivity contribution in [3.05, 3.63) is 21.4 Å². The molecule has 7 heteroatoms. The van der Waals surface area contributed by atoms with Gasteiger partial charge in [-0.3, -0.25) is 4.79 Å². The molecule has 19 heavy (non-hydrogen) atoms. The number of amides is 1. The first-order chi connectivity index (χ1) is 8.90. The van der Waals surface area contributed by atoms with Crippen molar-refractivity contribution >= 4 is 35.0 Å². The Bertz CT molecular complexity index is 486. The highest BCUT2D eigenvalue weighted by atomic mass is 32.2. The molecule has 0 bridgehead atoms. The number of aryl methyl sites for hydroxylation is 1. The summed E-state index contributed by atoms with van der Waals surface area (Å²) in [5, 5.41) is 20.8. The third-order valence-corrected chi connectivity index (χ3v) is 5.15. The summed E-state index contributed by atoms with van der Waals surface area (Å²) in [7, 11) is 0. The van der Waals surface area contributed by atoms with Gasteiger partial charge in [0.05, 0.1) is 11.4 Å². The molecule has 2 heterocycles. The Labute approximate surface area is 119 Å². The number of carbonyl (C=O) groups is 2. The summed E-state index contributed by atoms with van der Waals surface area (Å²) >= 11 is 3.29. The predicted octanol–water partition coefficient (Wildman–Crippen LogP) is 1.10. The predicted molar refractivity (Wildman–Crippen MR) is 74.8 cm³/mol. The minimum absolute atomic E-state index is 0.307. The van der Waals surface area contributed by atoms with Crippen molar-refractivity contribution in [1.29, 1.82) is 0 Å². The summed E-state index contributed by atoms with van der Waals surface area (Å²) in [5.74, 6) is 0.314. The Morgan fingerprint density at radius 2 is 2.26 bits per heavy atom. The fourth-order valence-corrected chi connectivity index (χ4v) is 3.96. The highest BCUT2D eigenvalue weighted by molar-refractivity contribution is 7.98. The zero-order chi connectivity index (χ0) is 14.0. The van der Waals surface area contributed by atoms with E-state index in [4.69, 9.17) is 5.11 Å². The van der Waals surface area contributed by atoms with Crippen LogP contribution in [0.25, 0.3) is 0 Å². The first kappa shape index (κ1) is 14.4. The second kappa shape index (κ2) is 5.52. The minimum atomic E-state index is -1.94. The Hall–Kier alpha value is -1.05. The normalized spacial score (nSPS) is 17.4. The number of carboxylic acid groups (broad SMARTS) is 1. The van der Waals surface area contributed by atoms with Crippen LogP contribution >= 0.6 is 23.1 Å². The molecular weight excluding hydrogens is 286 g/mol. The van der Waals surface area contributed by atoms with Crippen LogP contribution in [0.2, 0.25) is 0 Å². The van der Waals surface area contributed by atoms with Crippen LogP contribution in [-0.2, 0) is 17.0 Å². The van der Waals surface area contributed by atoms with Gasteiger partial charge in [-0.2, -0.15) is 11.8 Å². The van der Waals surface area contributed by atoms with E-state index in [0.717, 1.165) is 24.9 Å². The molecule has 1 atom stereocenters. The van der Waals surface area contributed by atoms with E-state index in [1.807, 2.05) is 17.8 Å². The molecule has 0 aromatic carbocycles. The van der Waals surface area contributed by atoms with Crippen molar-refractivity contribution in [2.24, 2.45) is 0 Å². The molecule has 0 spiro atoms. The van der Waals surface area contributed by atoms with E-state index < -0.39 is 11.6 Å². The van der Waals surface area contributed by atoms with E-state index >= 15 is 0 Å². The number of thiophene rings is 1. The quantitative estimate of drug-likeness (QED) is 0.775. The summed E-state index contributed by atoms with van der Waals surface area (Å²) in [6.45, 7) is 0.851. The standard InChI is InChI=1S/C12H15NO4S2/c1-12(17,11(15)16)6-13-10(14)9-4-7-5-18-3-2-8(7)19-9/h4,17H,2-3,5-6H2,1H3,(H,13,14)(H,15,16). The lowest BCUT2D eigenvalue weighted by Gasteiger charge is -2.17. The van der Waals surface area contributed by atoms with Crippen molar-refractivity contribution in [3.8, 4) is 0 Å². The van der Waals surface area contributed by atoms with Gasteiger partial charge in [0.15, 0.2) is 5.60 Å². The second-order valence-corrected chi connectivity index (χ2v) is 6.87. The molecule has 3 N–H and O–H groups in total. The number of carboxylic acids is 1. The molecular formula is C12H15NO4S2. The molecule has 0 aliphatic carbocycles. The smallest absolute Gasteiger partial charge is 0.337 e. The largest absolute Gasteiger partial charge is 0.479 e. The average Bonchev–Trinajstić information content (AvgIpc) is 2.79. The summed E-state index contributed by atoms with van der Waals surface area (Å²) in [6.07, 6.45) is 0.977. The highest BCUT2D eigenvalue weighted by Crippen LogP contribution is 2.31. The van der Waals surface area contributed by atoms with Gasteiger partial charge in [0.2, 0.25) is 0 Å². The highest BCUT2D eigenvalue weighted by Gasteiger charge is 2.30. The van der Waals surface area contributed by atoms with E-state index in [1.54, 1.807) is 0 Å². The molecule has 0 radical (unpaired) electrons. The Morgan fingerprint density at radius 3 is 2.89 bits per heavy atom. The fraction of sp³-hybridized carbons (Fsp3) is 0.500. The van der Waals surface area contributed by atoms with Crippen LogP contribution in [0, 0.1) is 0 Å². The Kier molecular flexibility index (Phi) is 4.17. The van der Waals surface area contributed by atoms with E-state index in [2.05, 4.69) is 5.32 Å². The van der Waals surface area contributed by atoms with Gasteiger partial charge < -0.3 is 15.5 Å². The van der Waals surface area contributed by atoms with Crippen LogP contribution in [0.3, 0.4) is 0 Å². The summed E-state index contributed by atoms with van der Waals surface area (Å²) in [6, 6.07) is 1.86. The van der Waals surface area contributed by atoms with Gasteiger partial charge >= 0.3 is 5.97 Å². The molecule has 104 valence electrons. The maximum Gasteiger partial charge on any atom is 0.337 e. The molecule has 1 unspecified atom stereocenters. The van der Waals surface area contributed by atoms with Gasteiger partial charge in [-0.05, 0) is 30.7 Å². The minimum Gasteiger partial charge on any atom is -0.479 e. The zero-order valence-electron chi connectivity index (χ0n) is 10.4. The number of carbonyl (C=O) groups excluding carboxylic acids is 1. The lowest BCUT2D eigenvalue weighted by atomic mass is 10.1. The molecule has 1 amide bonds. The molecule has 0 fully saturated rings. The Balaban J connectivity index is 2.00. The second-order valence-electron chi connectivity index (χ2n) is 4.62. The van der Waals surface area contributed by atoms with Crippen LogP contribution in [0.4, 0.5) is 0 Å². The van der Waals surface area contributed by atoms with Crippen LogP contribution in [0.5, 0.6) is 0 Å². The van der Waals surface area contributed by atoms with Crippen molar-refractivity contribution in [3.63, 3.8) is 0 Å². The lowest BCUT2D eigenvalue weighted by molar-refractivity contribution is -0.155. The fourth-order valence-electron chi connectivity index (χ4n) is 1.67. The summed E-state index contributed by atoms with van der Waals surface area (Å²) < 4.78 is 0. The SMILES string of the molecule is CC(O)(CNC(=O)c1cc2c(s1)CCSC2)C(=O)O. The van der Waals surface area contributed by atoms with Gasteiger partial charge in [0.1, 0.15) is 0 Å². The van der Waals surface area contributed by atoms with Gasteiger partial charge in [-0.15, -0.1) is 11.3 Å². The number of hydrogen-bond acceptors (Lipinski definition) is 5. The van der Waals surface area contributed by atoms with E-state index in [0.29, 0.717) is 4.88 Å². The summed E-state index contributed by atoms with van der Waals surface area (Å²) in [4.78, 5) is 24.5. The summed E-state index contributed by atoms with van der Waals surface area (Å²) in [5.41, 5.74) is -0.751. The molecule has 0 saturated carbocycles. The van der Waals surface area contributed by atoms with Gasteiger partial charge in [0, 0.05) is 10.6 Å². The zero-order valence-corrected chi connectivity index (χ0v) is 12.1. The van der Waals surface area contributed by atoms with E-state index in [9.17, 15) is 14.7 Å². The van der Waals surface area contributed by atoms with Crippen molar-refractivity contribution in [2.75, 3.05) is 12.3 Å². The molecule has 1 aromatic heterocycles. The van der Waals surface area contributed by atoms with Crippen molar-refractivity contribution in [2.45, 2.75) is 24.7 Å². The number of aliphatic hydroxyl groups is 1. The topological polar surface area (TPSA) is 86.6 Å². The third kappa shape index (κ3) is 3.29. The Morgan fingerprint density at radius 1 is 1.53 bits per heavy atom. The first-order valence-electron chi connectivity index (χ1n) is 5.83. The molecule has 5 nitrogen and oxygen atoms in total. The lowest BCUT2D eigenvalue weighted by Crippen LogP contribution is -2.46. The number of nitrogens with one attached hydrogen (secondary N) is 1. The van der Waals surface area contributed by atoms with Crippen LogP contribution in [-0.4, -0.2) is 40.0 Å². The average molecular weight is 301 g/mol. The molecule has 1 aromatic rings. The van der Waals surface area contributed by atoms with Gasteiger partial charge in [-0.25, -0.2) is 4.79 Å². The number of aliphatic carboxylic acids is 1. The van der Waals surface area contributed by atoms with E-state index in [1.165, 1.54) is 21.8 Å². The van der Waals surface area contributed by atoms with Crippen molar-refractivity contribution < 1.29 is 19.8 Å².